The predicted molar refractivity (Wildman–Crippen MR) is 71.8 cm³/mol. The maximum atomic E-state index is 10.8. The molecule has 0 atom stereocenters. The van der Waals surface area contributed by atoms with Gasteiger partial charge in [0, 0.05) is 11.3 Å². The van der Waals surface area contributed by atoms with Gasteiger partial charge in [-0.25, -0.2) is 9.78 Å². The number of benzene rings is 1. The first-order chi connectivity index (χ1) is 8.60. The van der Waals surface area contributed by atoms with Crippen LogP contribution in [0.3, 0.4) is 0 Å². The fourth-order valence-corrected chi connectivity index (χ4v) is 3.30. The average Bonchev–Trinajstić information content (AvgIpc) is 2.76. The van der Waals surface area contributed by atoms with E-state index in [9.17, 15) is 4.79 Å². The molecule has 0 radical (unpaired) electrons. The maximum Gasteiger partial charge on any atom is 0.337 e. The summed E-state index contributed by atoms with van der Waals surface area (Å²) in [5.74, 6) is -0.212. The van der Waals surface area contributed by atoms with Crippen LogP contribution in [0, 0.1) is 0 Å². The van der Waals surface area contributed by atoms with Gasteiger partial charge in [0.15, 0.2) is 4.34 Å². The molecule has 0 bridgehead atoms. The van der Waals surface area contributed by atoms with Crippen molar-refractivity contribution in [2.24, 2.45) is 0 Å². The summed E-state index contributed by atoms with van der Waals surface area (Å²) in [6, 6.07) is 4.84. The number of aromatic carboxylic acids is 1. The smallest absolute Gasteiger partial charge is 0.337 e. The molecule has 1 heterocycles. The minimum absolute atomic E-state index is 0.104. The van der Waals surface area contributed by atoms with Crippen molar-refractivity contribution in [1.82, 2.24) is 9.36 Å². The Balaban J connectivity index is 2.19. The highest BCUT2D eigenvalue weighted by Gasteiger charge is 2.10. The molecule has 0 aliphatic carbocycles. The Hall–Kier alpha value is -1.11. The molecular weight excluding hydrogens is 292 g/mol. The summed E-state index contributed by atoms with van der Waals surface area (Å²) in [6.07, 6.45) is 0.801. The Bertz CT molecular complexity index is 586. The summed E-state index contributed by atoms with van der Waals surface area (Å²) in [4.78, 5) is 16.0. The fourth-order valence-electron chi connectivity index (χ4n) is 1.26. The van der Waals surface area contributed by atoms with Gasteiger partial charge in [-0.1, -0.05) is 30.3 Å². The van der Waals surface area contributed by atoms with Crippen molar-refractivity contribution >= 4 is 40.9 Å². The third-order valence-electron chi connectivity index (χ3n) is 2.14. The van der Waals surface area contributed by atoms with Gasteiger partial charge in [0.25, 0.3) is 0 Å². The van der Waals surface area contributed by atoms with Crippen LogP contribution in [0.2, 0.25) is 5.02 Å². The molecule has 7 heteroatoms. The van der Waals surface area contributed by atoms with E-state index >= 15 is 0 Å². The molecule has 1 aromatic heterocycles. The number of carboxylic acids is 1. The first kappa shape index (κ1) is 13.3. The molecule has 0 amide bonds. The minimum Gasteiger partial charge on any atom is -0.478 e. The van der Waals surface area contributed by atoms with Gasteiger partial charge in [-0.15, -0.1) is 0 Å². The van der Waals surface area contributed by atoms with Crippen LogP contribution in [0.25, 0.3) is 0 Å². The van der Waals surface area contributed by atoms with Crippen LogP contribution in [-0.2, 0) is 6.42 Å². The molecule has 0 aliphatic rings. The Labute approximate surface area is 117 Å². The van der Waals surface area contributed by atoms with Gasteiger partial charge in [0.05, 0.1) is 10.6 Å². The van der Waals surface area contributed by atoms with Crippen molar-refractivity contribution in [2.45, 2.75) is 22.6 Å². The molecule has 0 saturated heterocycles. The molecule has 0 fully saturated rings. The van der Waals surface area contributed by atoms with Crippen molar-refractivity contribution in [3.8, 4) is 0 Å². The van der Waals surface area contributed by atoms with Crippen LogP contribution in [-0.4, -0.2) is 20.4 Å². The zero-order valence-corrected chi connectivity index (χ0v) is 11.8. The molecule has 2 aromatic rings. The van der Waals surface area contributed by atoms with Crippen molar-refractivity contribution in [3.05, 3.63) is 34.6 Å². The summed E-state index contributed by atoms with van der Waals surface area (Å²) in [6.45, 7) is 2.00. The molecule has 0 spiro atoms. The lowest BCUT2D eigenvalue weighted by molar-refractivity contribution is 0.0697. The van der Waals surface area contributed by atoms with Crippen LogP contribution in [0.4, 0.5) is 0 Å². The van der Waals surface area contributed by atoms with Crippen LogP contribution in [0.1, 0.15) is 23.1 Å². The van der Waals surface area contributed by atoms with Crippen LogP contribution >= 0.6 is 34.9 Å². The van der Waals surface area contributed by atoms with E-state index in [1.165, 1.54) is 29.4 Å². The van der Waals surface area contributed by atoms with Gasteiger partial charge in [-0.05, 0) is 29.7 Å². The highest BCUT2D eigenvalue weighted by molar-refractivity contribution is 8.01. The number of nitrogens with zero attached hydrogens (tertiary/aromatic N) is 2. The van der Waals surface area contributed by atoms with E-state index in [2.05, 4.69) is 9.36 Å². The lowest BCUT2D eigenvalue weighted by atomic mass is 10.2. The second kappa shape index (κ2) is 5.69. The molecule has 0 unspecified atom stereocenters. The van der Waals surface area contributed by atoms with E-state index in [1.807, 2.05) is 6.92 Å². The minimum atomic E-state index is -1.03. The molecule has 1 N–H and O–H groups in total. The Morgan fingerprint density at radius 2 is 2.33 bits per heavy atom. The lowest BCUT2D eigenvalue weighted by Crippen LogP contribution is -1.96. The molecular formula is C11H9ClN2O2S2. The molecule has 2 rings (SSSR count). The van der Waals surface area contributed by atoms with Crippen LogP contribution in [0.5, 0.6) is 0 Å². The zero-order valence-electron chi connectivity index (χ0n) is 9.38. The van der Waals surface area contributed by atoms with E-state index in [0.29, 0.717) is 0 Å². The summed E-state index contributed by atoms with van der Waals surface area (Å²) in [5, 5.41) is 9.10. The van der Waals surface area contributed by atoms with Crippen molar-refractivity contribution in [2.75, 3.05) is 0 Å². The molecule has 0 aliphatic heterocycles. The zero-order chi connectivity index (χ0) is 13.1. The first-order valence-corrected chi connectivity index (χ1v) is 7.10. The number of halogens is 1. The van der Waals surface area contributed by atoms with Gasteiger partial charge < -0.3 is 5.11 Å². The van der Waals surface area contributed by atoms with Crippen molar-refractivity contribution in [3.63, 3.8) is 0 Å². The summed E-state index contributed by atoms with van der Waals surface area (Å²) >= 11 is 8.65. The number of aromatic nitrogens is 2. The van der Waals surface area contributed by atoms with E-state index in [4.69, 9.17) is 16.7 Å². The first-order valence-electron chi connectivity index (χ1n) is 5.13. The fraction of sp³-hybridized carbons (Fsp3) is 0.182. The molecule has 94 valence electrons. The number of carbonyl (C=O) groups is 1. The largest absolute Gasteiger partial charge is 0.478 e. The average molecular weight is 301 g/mol. The Kier molecular flexibility index (Phi) is 4.21. The Morgan fingerprint density at radius 1 is 1.56 bits per heavy atom. The number of aryl methyl sites for hydroxylation is 1. The molecule has 0 saturated carbocycles. The monoisotopic (exact) mass is 300 g/mol. The lowest BCUT2D eigenvalue weighted by Gasteiger charge is -2.01. The standard InChI is InChI=1S/C11H9ClN2O2S2/c1-2-9-13-11(18-14-9)17-6-3-4-7(10(15)16)8(12)5-6/h3-5H,2H2,1H3,(H,15,16). The van der Waals surface area contributed by atoms with E-state index in [0.717, 1.165) is 21.5 Å². The normalized spacial score (nSPS) is 10.6. The topological polar surface area (TPSA) is 63.1 Å². The van der Waals surface area contributed by atoms with Gasteiger partial charge in [0.1, 0.15) is 5.82 Å². The van der Waals surface area contributed by atoms with E-state index in [1.54, 1.807) is 12.1 Å². The summed E-state index contributed by atoms with van der Waals surface area (Å²) in [5.41, 5.74) is 0.104. The number of hydrogen-bond acceptors (Lipinski definition) is 5. The highest BCUT2D eigenvalue weighted by atomic mass is 35.5. The maximum absolute atomic E-state index is 10.8. The number of carboxylic acid groups (broad SMARTS) is 1. The second-order valence-electron chi connectivity index (χ2n) is 3.38. The third-order valence-corrected chi connectivity index (χ3v) is 4.23. The van der Waals surface area contributed by atoms with E-state index < -0.39 is 5.97 Å². The quantitative estimate of drug-likeness (QED) is 0.934. The predicted octanol–water partition coefficient (Wildman–Crippen LogP) is 3.60. The molecule has 4 nitrogen and oxygen atoms in total. The van der Waals surface area contributed by atoms with Crippen LogP contribution in [0.15, 0.2) is 27.4 Å². The highest BCUT2D eigenvalue weighted by Crippen LogP contribution is 2.31. The van der Waals surface area contributed by atoms with Gasteiger partial charge in [-0.3, -0.25) is 0 Å². The van der Waals surface area contributed by atoms with E-state index in [-0.39, 0.29) is 10.6 Å². The number of rotatable bonds is 4. The van der Waals surface area contributed by atoms with Crippen molar-refractivity contribution in [1.29, 1.82) is 0 Å². The SMILES string of the molecule is CCc1nsc(Sc2ccc(C(=O)O)c(Cl)c2)n1. The molecule has 1 aromatic carbocycles. The second-order valence-corrected chi connectivity index (χ2v) is 5.86. The third kappa shape index (κ3) is 3.01. The Morgan fingerprint density at radius 3 is 2.89 bits per heavy atom. The van der Waals surface area contributed by atoms with Crippen LogP contribution < -0.4 is 0 Å². The van der Waals surface area contributed by atoms with Gasteiger partial charge >= 0.3 is 5.97 Å². The van der Waals surface area contributed by atoms with Gasteiger partial charge in [-0.2, -0.15) is 4.37 Å². The molecule has 18 heavy (non-hydrogen) atoms. The number of hydrogen-bond donors (Lipinski definition) is 1. The summed E-state index contributed by atoms with van der Waals surface area (Å²) in [7, 11) is 0. The summed E-state index contributed by atoms with van der Waals surface area (Å²) < 4.78 is 5.01. The van der Waals surface area contributed by atoms with Crippen molar-refractivity contribution < 1.29 is 9.90 Å². The van der Waals surface area contributed by atoms with Gasteiger partial charge in [0.2, 0.25) is 0 Å².